The monoisotopic (exact) mass is 269 g/mol. The van der Waals surface area contributed by atoms with Crippen LogP contribution in [-0.4, -0.2) is 32.8 Å². The highest BCUT2D eigenvalue weighted by Gasteiger charge is 2.12. The average molecular weight is 270 g/mol. The number of aromatic nitrogens is 3. The number of ketones is 1. The Hall–Kier alpha value is -1.69. The fourth-order valence-electron chi connectivity index (χ4n) is 1.18. The molecule has 1 heterocycles. The minimum atomic E-state index is -0.465. The SMILES string of the molecule is C=CC(=O)C(C)Nc1nc(Cl)nc(NC(C)C)n1. The first-order valence-electron chi connectivity index (χ1n) is 5.53. The number of anilines is 2. The largest absolute Gasteiger partial charge is 0.352 e. The van der Waals surface area contributed by atoms with Crippen molar-refractivity contribution in [2.75, 3.05) is 10.6 Å². The summed E-state index contributed by atoms with van der Waals surface area (Å²) < 4.78 is 0. The van der Waals surface area contributed by atoms with Gasteiger partial charge in [0.1, 0.15) is 0 Å². The maximum atomic E-state index is 11.4. The Kier molecular flexibility index (Phi) is 5.03. The van der Waals surface area contributed by atoms with Crippen LogP contribution in [0.15, 0.2) is 12.7 Å². The Bertz CT molecular complexity index is 449. The minimum Gasteiger partial charge on any atom is -0.352 e. The van der Waals surface area contributed by atoms with E-state index >= 15 is 0 Å². The second-order valence-electron chi connectivity index (χ2n) is 4.02. The van der Waals surface area contributed by atoms with Crippen LogP contribution >= 0.6 is 11.6 Å². The highest BCUT2D eigenvalue weighted by Crippen LogP contribution is 2.11. The summed E-state index contributed by atoms with van der Waals surface area (Å²) in [5, 5.41) is 5.91. The number of hydrogen-bond acceptors (Lipinski definition) is 6. The van der Waals surface area contributed by atoms with Gasteiger partial charge in [0.05, 0.1) is 6.04 Å². The molecule has 0 radical (unpaired) electrons. The van der Waals surface area contributed by atoms with Gasteiger partial charge in [-0.05, 0) is 38.4 Å². The molecule has 0 bridgehead atoms. The standard InChI is InChI=1S/C11H16ClN5O/c1-5-8(18)7(4)14-11-16-9(12)15-10(17-11)13-6(2)3/h5-7H,1H2,2-4H3,(H2,13,14,15,16,17). The molecule has 1 aromatic heterocycles. The molecular formula is C11H16ClN5O. The van der Waals surface area contributed by atoms with Crippen LogP contribution in [0.3, 0.4) is 0 Å². The molecule has 98 valence electrons. The van der Waals surface area contributed by atoms with Gasteiger partial charge in [0.2, 0.25) is 17.2 Å². The number of carbonyl (C=O) groups is 1. The number of nitrogens with zero attached hydrogens (tertiary/aromatic N) is 3. The predicted octanol–water partition coefficient (Wildman–Crippen LogP) is 1.90. The summed E-state index contributed by atoms with van der Waals surface area (Å²) in [6.07, 6.45) is 1.24. The molecule has 1 atom stereocenters. The third kappa shape index (κ3) is 4.29. The summed E-state index contributed by atoms with van der Waals surface area (Å²) in [7, 11) is 0. The van der Waals surface area contributed by atoms with Crippen LogP contribution in [0.2, 0.25) is 5.28 Å². The van der Waals surface area contributed by atoms with Crippen LogP contribution < -0.4 is 10.6 Å². The predicted molar refractivity (Wildman–Crippen MR) is 71.9 cm³/mol. The molecule has 0 saturated carbocycles. The first-order valence-corrected chi connectivity index (χ1v) is 5.91. The van der Waals surface area contributed by atoms with Crippen molar-refractivity contribution in [3.05, 3.63) is 17.9 Å². The number of carbonyl (C=O) groups excluding carboxylic acids is 1. The lowest BCUT2D eigenvalue weighted by molar-refractivity contribution is -0.115. The lowest BCUT2D eigenvalue weighted by Gasteiger charge is -2.13. The topological polar surface area (TPSA) is 79.8 Å². The van der Waals surface area contributed by atoms with Crippen LogP contribution in [0.5, 0.6) is 0 Å². The van der Waals surface area contributed by atoms with Gasteiger partial charge in [-0.15, -0.1) is 0 Å². The van der Waals surface area contributed by atoms with Crippen LogP contribution in [0.25, 0.3) is 0 Å². The lowest BCUT2D eigenvalue weighted by Crippen LogP contribution is -2.26. The zero-order chi connectivity index (χ0) is 13.7. The molecule has 0 fully saturated rings. The van der Waals surface area contributed by atoms with Crippen molar-refractivity contribution in [1.82, 2.24) is 15.0 Å². The van der Waals surface area contributed by atoms with Gasteiger partial charge in [-0.3, -0.25) is 4.79 Å². The second-order valence-corrected chi connectivity index (χ2v) is 4.36. The van der Waals surface area contributed by atoms with E-state index in [1.807, 2.05) is 13.8 Å². The molecule has 0 saturated heterocycles. The smallest absolute Gasteiger partial charge is 0.229 e. The van der Waals surface area contributed by atoms with Gasteiger partial charge < -0.3 is 10.6 Å². The quantitative estimate of drug-likeness (QED) is 0.768. The average Bonchev–Trinajstić information content (AvgIpc) is 2.25. The summed E-state index contributed by atoms with van der Waals surface area (Å²) in [6.45, 7) is 9.01. The normalized spacial score (nSPS) is 12.1. The van der Waals surface area contributed by atoms with Gasteiger partial charge >= 0.3 is 0 Å². The van der Waals surface area contributed by atoms with Gasteiger partial charge in [-0.25, -0.2) is 0 Å². The molecule has 0 aliphatic carbocycles. The highest BCUT2D eigenvalue weighted by molar-refractivity contribution is 6.28. The van der Waals surface area contributed by atoms with E-state index in [4.69, 9.17) is 11.6 Å². The molecule has 6 nitrogen and oxygen atoms in total. The van der Waals surface area contributed by atoms with E-state index in [0.717, 1.165) is 0 Å². The molecule has 1 unspecified atom stereocenters. The lowest BCUT2D eigenvalue weighted by atomic mass is 10.2. The number of nitrogens with one attached hydrogen (secondary N) is 2. The summed E-state index contributed by atoms with van der Waals surface area (Å²) in [6, 6.07) is -0.295. The Morgan fingerprint density at radius 1 is 1.22 bits per heavy atom. The van der Waals surface area contributed by atoms with E-state index in [2.05, 4.69) is 32.2 Å². The zero-order valence-corrected chi connectivity index (χ0v) is 11.3. The second kappa shape index (κ2) is 6.30. The van der Waals surface area contributed by atoms with Gasteiger partial charge in [0, 0.05) is 6.04 Å². The van der Waals surface area contributed by atoms with Crippen molar-refractivity contribution in [1.29, 1.82) is 0 Å². The Balaban J connectivity index is 2.85. The third-order valence-electron chi connectivity index (χ3n) is 2.00. The molecule has 0 aliphatic heterocycles. The van der Waals surface area contributed by atoms with Crippen LogP contribution in [0.1, 0.15) is 20.8 Å². The van der Waals surface area contributed by atoms with Gasteiger partial charge in [0.25, 0.3) is 0 Å². The first kappa shape index (κ1) is 14.4. The van der Waals surface area contributed by atoms with Crippen LogP contribution in [0, 0.1) is 0 Å². The molecule has 7 heteroatoms. The third-order valence-corrected chi connectivity index (χ3v) is 2.17. The van der Waals surface area contributed by atoms with E-state index in [0.29, 0.717) is 5.95 Å². The molecule has 1 aromatic rings. The van der Waals surface area contributed by atoms with Crippen molar-refractivity contribution in [2.45, 2.75) is 32.9 Å². The summed E-state index contributed by atoms with van der Waals surface area (Å²) in [5.74, 6) is 0.469. The number of rotatable bonds is 6. The molecule has 18 heavy (non-hydrogen) atoms. The highest BCUT2D eigenvalue weighted by atomic mass is 35.5. The van der Waals surface area contributed by atoms with Crippen LogP contribution in [-0.2, 0) is 4.79 Å². The van der Waals surface area contributed by atoms with E-state index < -0.39 is 6.04 Å². The number of hydrogen-bond donors (Lipinski definition) is 2. The van der Waals surface area contributed by atoms with Crippen molar-refractivity contribution in [2.24, 2.45) is 0 Å². The Morgan fingerprint density at radius 3 is 2.28 bits per heavy atom. The first-order chi connectivity index (χ1) is 8.42. The van der Waals surface area contributed by atoms with Crippen molar-refractivity contribution >= 4 is 29.3 Å². The van der Waals surface area contributed by atoms with Gasteiger partial charge in [-0.1, -0.05) is 6.58 Å². The summed E-state index contributed by atoms with van der Waals surface area (Å²) >= 11 is 5.78. The minimum absolute atomic E-state index is 0.0638. The van der Waals surface area contributed by atoms with E-state index in [1.54, 1.807) is 6.92 Å². The van der Waals surface area contributed by atoms with E-state index in [9.17, 15) is 4.79 Å². The van der Waals surface area contributed by atoms with Gasteiger partial charge in [-0.2, -0.15) is 15.0 Å². The van der Waals surface area contributed by atoms with Crippen molar-refractivity contribution in [3.8, 4) is 0 Å². The molecule has 2 N–H and O–H groups in total. The summed E-state index contributed by atoms with van der Waals surface area (Å²) in [4.78, 5) is 23.3. The molecule has 0 spiro atoms. The Labute approximate surface area is 111 Å². The van der Waals surface area contributed by atoms with Crippen LogP contribution in [0.4, 0.5) is 11.9 Å². The fourth-order valence-corrected chi connectivity index (χ4v) is 1.34. The Morgan fingerprint density at radius 2 is 1.78 bits per heavy atom. The maximum absolute atomic E-state index is 11.4. The van der Waals surface area contributed by atoms with Gasteiger partial charge in [0.15, 0.2) is 5.78 Å². The summed E-state index contributed by atoms with van der Waals surface area (Å²) in [5.41, 5.74) is 0. The molecule has 0 amide bonds. The molecule has 1 rings (SSSR count). The zero-order valence-electron chi connectivity index (χ0n) is 10.6. The maximum Gasteiger partial charge on any atom is 0.229 e. The van der Waals surface area contributed by atoms with E-state index in [1.165, 1.54) is 6.08 Å². The van der Waals surface area contributed by atoms with Crippen molar-refractivity contribution in [3.63, 3.8) is 0 Å². The molecular weight excluding hydrogens is 254 g/mol. The van der Waals surface area contributed by atoms with Crippen molar-refractivity contribution < 1.29 is 4.79 Å². The fraction of sp³-hybridized carbons (Fsp3) is 0.455. The molecule has 0 aromatic carbocycles. The molecule has 0 aliphatic rings. The van der Waals surface area contributed by atoms with E-state index in [-0.39, 0.29) is 23.1 Å². The number of halogens is 1.